The predicted octanol–water partition coefficient (Wildman–Crippen LogP) is -0.235. The lowest BCUT2D eigenvalue weighted by molar-refractivity contribution is -0.0616. The second-order valence-electron chi connectivity index (χ2n) is 7.65. The molecule has 4 heterocycles. The topological polar surface area (TPSA) is 101 Å². The van der Waals surface area contributed by atoms with Crippen LogP contribution in [0.5, 0.6) is 0 Å². The minimum atomic E-state index is -0.511. The summed E-state index contributed by atoms with van der Waals surface area (Å²) in [5, 5.41) is 14.9. The van der Waals surface area contributed by atoms with E-state index in [1.807, 2.05) is 12.1 Å². The Morgan fingerprint density at radius 2 is 2.22 bits per heavy atom. The van der Waals surface area contributed by atoms with Crippen LogP contribution < -0.4 is 5.73 Å². The molecule has 148 valence electrons. The van der Waals surface area contributed by atoms with Crippen LogP contribution >= 0.6 is 0 Å². The number of aliphatic hydroxyl groups is 1. The normalized spacial score (nSPS) is 29.8. The molecule has 0 radical (unpaired) electrons. The van der Waals surface area contributed by atoms with Crippen molar-refractivity contribution in [1.29, 1.82) is 0 Å². The van der Waals surface area contributed by atoms with Crippen molar-refractivity contribution in [3.8, 4) is 0 Å². The van der Waals surface area contributed by atoms with Gasteiger partial charge in [-0.05, 0) is 26.2 Å². The molecule has 0 saturated carbocycles. The van der Waals surface area contributed by atoms with E-state index in [0.29, 0.717) is 31.4 Å². The Morgan fingerprint density at radius 1 is 1.37 bits per heavy atom. The minimum absolute atomic E-state index is 0.213. The van der Waals surface area contributed by atoms with Gasteiger partial charge < -0.3 is 25.2 Å². The van der Waals surface area contributed by atoms with Gasteiger partial charge in [-0.2, -0.15) is 5.10 Å². The van der Waals surface area contributed by atoms with Crippen molar-refractivity contribution in [1.82, 2.24) is 24.4 Å². The van der Waals surface area contributed by atoms with Crippen LogP contribution in [0.15, 0.2) is 18.5 Å². The highest BCUT2D eigenvalue weighted by Crippen LogP contribution is 2.34. The molecule has 27 heavy (non-hydrogen) atoms. The first-order valence-electron chi connectivity index (χ1n) is 9.41. The van der Waals surface area contributed by atoms with Crippen molar-refractivity contribution >= 4 is 11.3 Å². The Kier molecular flexibility index (Phi) is 5.29. The second kappa shape index (κ2) is 7.69. The molecule has 3 N–H and O–H groups in total. The number of rotatable bonds is 5. The third kappa shape index (κ3) is 3.78. The summed E-state index contributed by atoms with van der Waals surface area (Å²) in [7, 11) is 4.13. The zero-order valence-electron chi connectivity index (χ0n) is 15.9. The molecule has 2 aromatic rings. The van der Waals surface area contributed by atoms with Gasteiger partial charge in [0.25, 0.3) is 0 Å². The largest absolute Gasteiger partial charge is 0.390 e. The number of fused-ring (bicyclic) bond motifs is 1. The molecule has 2 aliphatic rings. The number of nitrogens with zero attached hydrogens (tertiary/aromatic N) is 5. The fourth-order valence-corrected chi connectivity index (χ4v) is 4.05. The third-order valence-corrected chi connectivity index (χ3v) is 5.40. The highest BCUT2D eigenvalue weighted by Gasteiger charge is 2.38. The standard InChI is InChI=1S/C18H28N6O3/c1-22(2)8-12-10-26-6-5-23(12)9-17-15(25)7-16(27-17)13-3-4-14-18(19)20-11-21-24(13)14/h3-4,11-12,15-17,25H,5-10H2,1-2H3,(H2,19,20,21)/t12-,15+,16-,17-/m1/s1. The number of likely N-dealkylation sites (N-methyl/N-ethyl adjacent to an activating group) is 1. The zero-order chi connectivity index (χ0) is 19.0. The number of nitrogen functional groups attached to an aromatic ring is 1. The van der Waals surface area contributed by atoms with E-state index in [2.05, 4.69) is 34.0 Å². The first kappa shape index (κ1) is 18.6. The average molecular weight is 376 g/mol. The van der Waals surface area contributed by atoms with Gasteiger partial charge in [-0.3, -0.25) is 4.90 Å². The van der Waals surface area contributed by atoms with Gasteiger partial charge in [0.15, 0.2) is 5.82 Å². The van der Waals surface area contributed by atoms with Gasteiger partial charge in [-0.25, -0.2) is 9.50 Å². The highest BCUT2D eigenvalue weighted by molar-refractivity contribution is 5.65. The fourth-order valence-electron chi connectivity index (χ4n) is 4.05. The van der Waals surface area contributed by atoms with E-state index in [1.165, 1.54) is 6.33 Å². The Balaban J connectivity index is 1.47. The number of anilines is 1. The second-order valence-corrected chi connectivity index (χ2v) is 7.65. The molecule has 0 unspecified atom stereocenters. The molecular formula is C18H28N6O3. The summed E-state index contributed by atoms with van der Waals surface area (Å²) >= 11 is 0. The SMILES string of the molecule is CN(C)C[C@@H]1COCCN1C[C@H]1O[C@@H](c2ccc3c(N)ncnn23)C[C@@H]1O. The summed E-state index contributed by atoms with van der Waals surface area (Å²) in [6.45, 7) is 3.90. The van der Waals surface area contributed by atoms with Crippen molar-refractivity contribution in [3.63, 3.8) is 0 Å². The van der Waals surface area contributed by atoms with Crippen molar-refractivity contribution in [2.24, 2.45) is 0 Å². The number of aromatic nitrogens is 3. The van der Waals surface area contributed by atoms with Crippen molar-refractivity contribution in [2.45, 2.75) is 30.8 Å². The highest BCUT2D eigenvalue weighted by atomic mass is 16.5. The number of aliphatic hydroxyl groups excluding tert-OH is 1. The summed E-state index contributed by atoms with van der Waals surface area (Å²) in [5.74, 6) is 0.436. The number of ether oxygens (including phenoxy) is 2. The van der Waals surface area contributed by atoms with Crippen LogP contribution in [0.3, 0.4) is 0 Å². The molecule has 2 saturated heterocycles. The van der Waals surface area contributed by atoms with Crippen LogP contribution in [-0.4, -0.2) is 94.7 Å². The molecule has 0 bridgehead atoms. The van der Waals surface area contributed by atoms with Gasteiger partial charge in [0.2, 0.25) is 0 Å². The van der Waals surface area contributed by atoms with Gasteiger partial charge in [-0.15, -0.1) is 0 Å². The fraction of sp³-hybridized carbons (Fsp3) is 0.667. The molecule has 4 atom stereocenters. The summed E-state index contributed by atoms with van der Waals surface area (Å²) in [6, 6.07) is 4.15. The van der Waals surface area contributed by atoms with E-state index in [1.54, 1.807) is 4.52 Å². The number of hydrogen-bond acceptors (Lipinski definition) is 8. The van der Waals surface area contributed by atoms with Crippen LogP contribution in [-0.2, 0) is 9.47 Å². The Labute approximate surface area is 158 Å². The summed E-state index contributed by atoms with van der Waals surface area (Å²) < 4.78 is 13.7. The molecule has 9 nitrogen and oxygen atoms in total. The van der Waals surface area contributed by atoms with E-state index in [0.717, 1.165) is 30.9 Å². The van der Waals surface area contributed by atoms with E-state index >= 15 is 0 Å². The van der Waals surface area contributed by atoms with E-state index in [4.69, 9.17) is 15.2 Å². The first-order valence-corrected chi connectivity index (χ1v) is 9.41. The number of hydrogen-bond donors (Lipinski definition) is 2. The molecule has 2 aliphatic heterocycles. The van der Waals surface area contributed by atoms with Crippen molar-refractivity contribution in [3.05, 3.63) is 24.2 Å². The van der Waals surface area contributed by atoms with Crippen molar-refractivity contribution in [2.75, 3.05) is 52.7 Å². The molecule has 0 spiro atoms. The van der Waals surface area contributed by atoms with Gasteiger partial charge >= 0.3 is 0 Å². The smallest absolute Gasteiger partial charge is 0.151 e. The van der Waals surface area contributed by atoms with Crippen LogP contribution in [0, 0.1) is 0 Å². The van der Waals surface area contributed by atoms with Gasteiger partial charge in [0.1, 0.15) is 17.9 Å². The van der Waals surface area contributed by atoms with Gasteiger partial charge in [0.05, 0.1) is 31.1 Å². The molecule has 0 aliphatic carbocycles. The lowest BCUT2D eigenvalue weighted by atomic mass is 10.1. The molecule has 4 rings (SSSR count). The Morgan fingerprint density at radius 3 is 3.04 bits per heavy atom. The Hall–Kier alpha value is -1.78. The van der Waals surface area contributed by atoms with E-state index < -0.39 is 6.10 Å². The summed E-state index contributed by atoms with van der Waals surface area (Å²) in [6.07, 6.45) is 1.03. The van der Waals surface area contributed by atoms with Crippen LogP contribution in [0.2, 0.25) is 0 Å². The van der Waals surface area contributed by atoms with Crippen LogP contribution in [0.4, 0.5) is 5.82 Å². The lowest BCUT2D eigenvalue weighted by Gasteiger charge is -2.38. The monoisotopic (exact) mass is 376 g/mol. The maximum atomic E-state index is 10.6. The first-order chi connectivity index (χ1) is 13.0. The molecule has 9 heteroatoms. The van der Waals surface area contributed by atoms with Gasteiger partial charge in [-0.1, -0.05) is 0 Å². The Bertz CT molecular complexity index is 782. The quantitative estimate of drug-likeness (QED) is 0.738. The van der Waals surface area contributed by atoms with Crippen LogP contribution in [0.25, 0.3) is 5.52 Å². The molecule has 0 amide bonds. The van der Waals surface area contributed by atoms with E-state index in [9.17, 15) is 5.11 Å². The zero-order valence-corrected chi connectivity index (χ0v) is 15.9. The van der Waals surface area contributed by atoms with Crippen LogP contribution in [0.1, 0.15) is 18.2 Å². The van der Waals surface area contributed by atoms with Crippen molar-refractivity contribution < 1.29 is 14.6 Å². The summed E-state index contributed by atoms with van der Waals surface area (Å²) in [4.78, 5) is 8.56. The summed E-state index contributed by atoms with van der Waals surface area (Å²) in [5.41, 5.74) is 7.57. The molecule has 0 aromatic carbocycles. The van der Waals surface area contributed by atoms with E-state index in [-0.39, 0.29) is 12.2 Å². The molecule has 2 aromatic heterocycles. The molecule has 2 fully saturated rings. The van der Waals surface area contributed by atoms with Gasteiger partial charge in [0, 0.05) is 32.1 Å². The number of morpholine rings is 1. The lowest BCUT2D eigenvalue weighted by Crippen LogP contribution is -2.53. The third-order valence-electron chi connectivity index (χ3n) is 5.40. The maximum absolute atomic E-state index is 10.6. The minimum Gasteiger partial charge on any atom is -0.390 e. The molecular weight excluding hydrogens is 348 g/mol. The maximum Gasteiger partial charge on any atom is 0.151 e. The average Bonchev–Trinajstić information content (AvgIpc) is 3.21. The number of nitrogens with two attached hydrogens (primary N) is 1. The predicted molar refractivity (Wildman–Crippen MR) is 100 cm³/mol.